The molecule has 0 aliphatic rings. The molecule has 0 saturated carbocycles. The van der Waals surface area contributed by atoms with E-state index in [4.69, 9.17) is 12.6 Å². The number of rotatable bonds is 12. The van der Waals surface area contributed by atoms with Gasteiger partial charge in [-0.15, -0.1) is 0 Å². The fourth-order valence-electron chi connectivity index (χ4n) is 5.63. The summed E-state index contributed by atoms with van der Waals surface area (Å²) in [5, 5.41) is 13.7. The van der Waals surface area contributed by atoms with Crippen LogP contribution < -0.4 is 5.32 Å². The molecule has 0 aliphatic carbocycles. The Hall–Kier alpha value is -4.17. The summed E-state index contributed by atoms with van der Waals surface area (Å²) >= 11 is 0. The summed E-state index contributed by atoms with van der Waals surface area (Å²) in [6.07, 6.45) is -0.431. The van der Waals surface area contributed by atoms with Crippen molar-refractivity contribution in [2.45, 2.75) is 83.9 Å². The van der Waals surface area contributed by atoms with Crippen molar-refractivity contribution in [1.29, 1.82) is 0 Å². The van der Waals surface area contributed by atoms with Crippen LogP contribution in [0.3, 0.4) is 0 Å². The molecular formula is C37H42BFN2O4. The monoisotopic (exact) mass is 608 g/mol. The summed E-state index contributed by atoms with van der Waals surface area (Å²) in [4.78, 5) is 26.4. The minimum atomic E-state index is -0.951. The molecule has 1 amide bonds. The summed E-state index contributed by atoms with van der Waals surface area (Å²) in [5.74, 6) is -1.58. The highest BCUT2D eigenvalue weighted by molar-refractivity contribution is 6.13. The molecule has 0 unspecified atom stereocenters. The first kappa shape index (κ1) is 33.7. The molecule has 0 aliphatic heterocycles. The van der Waals surface area contributed by atoms with E-state index in [9.17, 15) is 19.1 Å². The van der Waals surface area contributed by atoms with Gasteiger partial charge in [0.15, 0.2) is 0 Å². The largest absolute Gasteiger partial charge is 0.460 e. The van der Waals surface area contributed by atoms with Crippen LogP contribution in [-0.4, -0.2) is 41.1 Å². The van der Waals surface area contributed by atoms with Crippen LogP contribution in [0.1, 0.15) is 75.9 Å². The first-order chi connectivity index (χ1) is 21.3. The Morgan fingerprint density at radius 2 is 1.53 bits per heavy atom. The standard InChI is InChI=1S/C37H42BFN2O4/c1-24(2)34-33(36(44)40-29-14-10-7-11-15-29)32(25-12-8-6-9-13-25)35(26-16-18-28(39)19-17-26)41(34)21-20-27(38)22-30(42)23-31(43)45-37(3,4)5/h6-19,24,27,30,42H,20-23H2,1-5H3,(H,40,44)/t27-,30-/m1/s1. The lowest BCUT2D eigenvalue weighted by atomic mass is 9.79. The van der Waals surface area contributed by atoms with E-state index in [1.54, 1.807) is 32.9 Å². The highest BCUT2D eigenvalue weighted by Crippen LogP contribution is 2.43. The van der Waals surface area contributed by atoms with E-state index in [1.165, 1.54) is 12.1 Å². The number of hydrogen-bond acceptors (Lipinski definition) is 4. The van der Waals surface area contributed by atoms with E-state index in [0.717, 1.165) is 28.1 Å². The number of carbonyl (C=O) groups is 2. The van der Waals surface area contributed by atoms with Crippen molar-refractivity contribution in [3.8, 4) is 22.4 Å². The molecule has 1 heterocycles. The van der Waals surface area contributed by atoms with Gasteiger partial charge in [0.25, 0.3) is 5.91 Å². The number of aliphatic hydroxyl groups is 1. The maximum atomic E-state index is 14.2. The Morgan fingerprint density at radius 1 is 0.933 bits per heavy atom. The van der Waals surface area contributed by atoms with Gasteiger partial charge in [-0.2, -0.15) is 0 Å². The molecule has 234 valence electrons. The Balaban J connectivity index is 1.78. The van der Waals surface area contributed by atoms with Gasteiger partial charge in [-0.3, -0.25) is 9.59 Å². The van der Waals surface area contributed by atoms with Crippen LogP contribution in [0.25, 0.3) is 22.4 Å². The maximum Gasteiger partial charge on any atom is 0.308 e. The summed E-state index contributed by atoms with van der Waals surface area (Å²) in [5.41, 5.74) is 4.54. The number of halogens is 1. The average molecular weight is 609 g/mol. The van der Waals surface area contributed by atoms with Gasteiger partial charge in [-0.25, -0.2) is 4.39 Å². The molecule has 1 aromatic heterocycles. The Bertz CT molecular complexity index is 1580. The molecule has 2 N–H and O–H groups in total. The quantitative estimate of drug-likeness (QED) is 0.126. The van der Waals surface area contributed by atoms with Gasteiger partial charge >= 0.3 is 5.97 Å². The topological polar surface area (TPSA) is 80.6 Å². The predicted molar refractivity (Wildman–Crippen MR) is 179 cm³/mol. The number of benzene rings is 3. The number of nitrogens with one attached hydrogen (secondary N) is 1. The number of hydrogen-bond donors (Lipinski definition) is 2. The number of amides is 1. The number of aliphatic hydroxyl groups excluding tert-OH is 1. The fraction of sp³-hybridized carbons (Fsp3) is 0.351. The van der Waals surface area contributed by atoms with Crippen molar-refractivity contribution in [3.05, 3.63) is 102 Å². The van der Waals surface area contributed by atoms with E-state index < -0.39 is 23.5 Å². The van der Waals surface area contributed by atoms with Gasteiger partial charge < -0.3 is 19.7 Å². The van der Waals surface area contributed by atoms with Crippen molar-refractivity contribution in [1.82, 2.24) is 4.57 Å². The number of carbonyl (C=O) groups excluding carboxylic acids is 2. The van der Waals surface area contributed by atoms with Crippen LogP contribution in [0.15, 0.2) is 84.9 Å². The van der Waals surface area contributed by atoms with Gasteiger partial charge in [0.2, 0.25) is 0 Å². The highest BCUT2D eigenvalue weighted by Gasteiger charge is 2.31. The number of ether oxygens (including phenoxy) is 1. The van der Waals surface area contributed by atoms with Crippen LogP contribution in [0, 0.1) is 5.82 Å². The molecule has 45 heavy (non-hydrogen) atoms. The summed E-state index contributed by atoms with van der Waals surface area (Å²) in [6.45, 7) is 9.85. The molecule has 3 aromatic carbocycles. The van der Waals surface area contributed by atoms with E-state index in [2.05, 4.69) is 9.88 Å². The minimum Gasteiger partial charge on any atom is -0.460 e. The normalized spacial score (nSPS) is 13.0. The first-order valence-corrected chi connectivity index (χ1v) is 15.4. The third-order valence-corrected chi connectivity index (χ3v) is 7.41. The molecule has 0 bridgehead atoms. The van der Waals surface area contributed by atoms with Crippen LogP contribution in [-0.2, 0) is 16.1 Å². The SMILES string of the molecule is [B][C@H](CCn1c(-c2ccc(F)cc2)c(-c2ccccc2)c(C(=O)Nc2ccccc2)c1C(C)C)C[C@@H](O)CC(=O)OC(C)(C)C. The molecule has 2 radical (unpaired) electrons. The van der Waals surface area contributed by atoms with Gasteiger partial charge in [-0.05, 0) is 87.1 Å². The predicted octanol–water partition coefficient (Wildman–Crippen LogP) is 8.17. The second-order valence-electron chi connectivity index (χ2n) is 12.7. The molecule has 8 heteroatoms. The van der Waals surface area contributed by atoms with E-state index in [0.29, 0.717) is 24.2 Å². The molecule has 4 aromatic rings. The van der Waals surface area contributed by atoms with E-state index in [-0.39, 0.29) is 30.5 Å². The van der Waals surface area contributed by atoms with Gasteiger partial charge in [0.05, 0.1) is 31.6 Å². The lowest BCUT2D eigenvalue weighted by molar-refractivity contribution is -0.157. The second-order valence-corrected chi connectivity index (χ2v) is 12.7. The molecule has 0 spiro atoms. The van der Waals surface area contributed by atoms with Crippen molar-refractivity contribution in [2.24, 2.45) is 0 Å². The van der Waals surface area contributed by atoms with Crippen LogP contribution in [0.2, 0.25) is 5.82 Å². The number of anilines is 1. The lowest BCUT2D eigenvalue weighted by Gasteiger charge is -2.23. The van der Waals surface area contributed by atoms with Crippen molar-refractivity contribution >= 4 is 25.4 Å². The highest BCUT2D eigenvalue weighted by atomic mass is 19.1. The Morgan fingerprint density at radius 3 is 2.11 bits per heavy atom. The third kappa shape index (κ3) is 8.95. The number of nitrogens with zero attached hydrogens (tertiary/aromatic N) is 1. The summed E-state index contributed by atoms with van der Waals surface area (Å²) in [7, 11) is 6.52. The van der Waals surface area contributed by atoms with Crippen molar-refractivity contribution in [3.63, 3.8) is 0 Å². The molecule has 4 rings (SSSR count). The minimum absolute atomic E-state index is 0.0628. The van der Waals surface area contributed by atoms with Crippen molar-refractivity contribution in [2.75, 3.05) is 5.32 Å². The Labute approximate surface area is 267 Å². The second kappa shape index (κ2) is 14.7. The zero-order valence-corrected chi connectivity index (χ0v) is 26.7. The van der Waals surface area contributed by atoms with Gasteiger partial charge in [0, 0.05) is 23.5 Å². The molecule has 6 nitrogen and oxygen atoms in total. The molecular weight excluding hydrogens is 566 g/mol. The first-order valence-electron chi connectivity index (χ1n) is 15.4. The molecule has 0 saturated heterocycles. The van der Waals surface area contributed by atoms with Crippen LogP contribution >= 0.6 is 0 Å². The number of para-hydroxylation sites is 1. The zero-order valence-electron chi connectivity index (χ0n) is 26.7. The van der Waals surface area contributed by atoms with E-state index >= 15 is 0 Å². The van der Waals surface area contributed by atoms with E-state index in [1.807, 2.05) is 74.5 Å². The average Bonchev–Trinajstić information content (AvgIpc) is 3.32. The third-order valence-electron chi connectivity index (χ3n) is 7.41. The summed E-state index contributed by atoms with van der Waals surface area (Å²) in [6, 6.07) is 25.3. The fourth-order valence-corrected chi connectivity index (χ4v) is 5.63. The van der Waals surface area contributed by atoms with Crippen LogP contribution in [0.4, 0.5) is 10.1 Å². The van der Waals surface area contributed by atoms with Crippen molar-refractivity contribution < 1.29 is 23.8 Å². The Kier molecular flexibility index (Phi) is 11.0. The zero-order chi connectivity index (χ0) is 32.7. The molecule has 2 atom stereocenters. The van der Waals surface area contributed by atoms with Crippen LogP contribution in [0.5, 0.6) is 0 Å². The lowest BCUT2D eigenvalue weighted by Crippen LogP contribution is -2.27. The smallest absolute Gasteiger partial charge is 0.308 e. The van der Waals surface area contributed by atoms with Gasteiger partial charge in [0.1, 0.15) is 11.4 Å². The number of esters is 1. The molecule has 0 fully saturated rings. The summed E-state index contributed by atoms with van der Waals surface area (Å²) < 4.78 is 21.6. The maximum absolute atomic E-state index is 14.2. The number of aromatic nitrogens is 1. The van der Waals surface area contributed by atoms with Gasteiger partial charge in [-0.1, -0.05) is 68.2 Å².